The number of hydrogen-bond donors (Lipinski definition) is 0. The molecule has 0 spiro atoms. The minimum atomic E-state index is -0.0338. The average molecular weight is 895 g/mol. The molecule has 6 aliphatic carbocycles. The summed E-state index contributed by atoms with van der Waals surface area (Å²) in [6.45, 7) is 7.38. The molecule has 5 unspecified atom stereocenters. The molecule has 0 amide bonds. The van der Waals surface area contributed by atoms with Gasteiger partial charge in [0.1, 0.15) is 6.17 Å². The lowest BCUT2D eigenvalue weighted by Gasteiger charge is -2.40. The van der Waals surface area contributed by atoms with Crippen molar-refractivity contribution in [3.8, 4) is 22.3 Å². The number of anilines is 1. The van der Waals surface area contributed by atoms with E-state index in [-0.39, 0.29) is 23.5 Å². The number of benzene rings is 8. The molecule has 0 saturated heterocycles. The van der Waals surface area contributed by atoms with Crippen molar-refractivity contribution >= 4 is 86.8 Å². The molecule has 10 aromatic rings. The highest BCUT2D eigenvalue weighted by Gasteiger charge is 2.46. The Morgan fingerprint density at radius 1 is 0.543 bits per heavy atom. The van der Waals surface area contributed by atoms with Crippen LogP contribution in [0.15, 0.2) is 187 Å². The molecule has 1 aliphatic heterocycles. The zero-order chi connectivity index (χ0) is 45.9. The normalized spacial score (nSPS) is 24.3. The van der Waals surface area contributed by atoms with Gasteiger partial charge in [-0.15, -0.1) is 0 Å². The van der Waals surface area contributed by atoms with E-state index in [2.05, 4.69) is 202 Å². The van der Waals surface area contributed by atoms with Crippen LogP contribution in [0.5, 0.6) is 0 Å². The summed E-state index contributed by atoms with van der Waals surface area (Å²) in [4.78, 5) is 7.95. The van der Waals surface area contributed by atoms with E-state index in [0.29, 0.717) is 17.8 Å². The van der Waals surface area contributed by atoms with Gasteiger partial charge in [-0.25, -0.2) is 0 Å². The van der Waals surface area contributed by atoms with Crippen molar-refractivity contribution in [2.45, 2.75) is 70.0 Å². The second kappa shape index (κ2) is 13.2. The molecule has 6 atom stereocenters. The van der Waals surface area contributed by atoms with Crippen molar-refractivity contribution in [1.29, 1.82) is 0 Å². The zero-order valence-corrected chi connectivity index (χ0v) is 39.7. The molecule has 0 fully saturated rings. The molecule has 0 aromatic heterocycles. The van der Waals surface area contributed by atoms with Crippen LogP contribution in [0.25, 0.3) is 97.7 Å². The SMILES string of the molecule is C[C@H]1CC2c3c(ccc4c3C1c1cc(N3C5C=CC=CC5=NC3C3=CCCC=C3)ccc1-4)-c1ccc3c4cc5c(C6C=CC=CC6(C)C)c6ccccc6c6c7ccccc7c(c4c4ccc2c1c34)c56. The smallest absolute Gasteiger partial charge is 0.148 e. The lowest BCUT2D eigenvalue weighted by molar-refractivity contribution is 0.424. The molecule has 0 N–H and O–H groups in total. The minimum Gasteiger partial charge on any atom is -0.334 e. The fourth-order valence-corrected chi connectivity index (χ4v) is 15.7. The Morgan fingerprint density at radius 3 is 2.07 bits per heavy atom. The first kappa shape index (κ1) is 38.3. The molecule has 70 heavy (non-hydrogen) atoms. The first-order valence-electron chi connectivity index (χ1n) is 25.9. The lowest BCUT2D eigenvalue weighted by Crippen LogP contribution is -2.40. The third-order valence-electron chi connectivity index (χ3n) is 18.5. The van der Waals surface area contributed by atoms with Gasteiger partial charge in [0, 0.05) is 23.4 Å². The topological polar surface area (TPSA) is 15.6 Å². The molecule has 0 radical (unpaired) electrons. The minimum absolute atomic E-state index is 0.0165. The Hall–Kier alpha value is -7.55. The number of hydrogen-bond acceptors (Lipinski definition) is 2. The van der Waals surface area contributed by atoms with Gasteiger partial charge in [0.05, 0.1) is 11.8 Å². The summed E-state index contributed by atoms with van der Waals surface area (Å²) in [6, 6.07) is 43.9. The Labute approximate surface area is 407 Å². The number of nitrogens with zero attached hydrogens (tertiary/aromatic N) is 2. The van der Waals surface area contributed by atoms with E-state index in [9.17, 15) is 0 Å². The highest BCUT2D eigenvalue weighted by molar-refractivity contribution is 6.48. The van der Waals surface area contributed by atoms with Gasteiger partial charge in [-0.1, -0.05) is 173 Å². The Balaban J connectivity index is 0.889. The summed E-state index contributed by atoms with van der Waals surface area (Å²) in [5.41, 5.74) is 17.1. The van der Waals surface area contributed by atoms with Crippen LogP contribution in [0.4, 0.5) is 5.69 Å². The van der Waals surface area contributed by atoms with Crippen molar-refractivity contribution in [3.63, 3.8) is 0 Å². The maximum absolute atomic E-state index is 5.37. The molecular weight excluding hydrogens is 845 g/mol. The molecular formula is C68H50N2. The van der Waals surface area contributed by atoms with E-state index in [1.807, 2.05) is 0 Å². The standard InChI is InChI=1S/C68H50N2/c1-36-33-50-47-30-31-49-61-48(52-35-53-58(54-21-13-14-32-68(54,2)3)40-17-7-8-18-41(40)60-42-19-9-10-20-43(42)65(63(49)52)66(53)60)29-28-45(59(47)61)46-27-26-44-39-25-24-38(34-51(39)57(36)64(44)62(46)50)70-56-23-12-11-22-55(56)69-67(70)37-15-5-4-6-16-37/h5,7-32,34-36,50,54,56-57,67H,4,6,33H2,1-3H3/t36-,50?,54?,56?,57?,67?/m0/s1. The van der Waals surface area contributed by atoms with Crippen LogP contribution in [0, 0.1) is 11.3 Å². The van der Waals surface area contributed by atoms with Gasteiger partial charge >= 0.3 is 0 Å². The predicted octanol–water partition coefficient (Wildman–Crippen LogP) is 17.5. The second-order valence-electron chi connectivity index (χ2n) is 22.3. The highest BCUT2D eigenvalue weighted by atomic mass is 15.3. The quantitative estimate of drug-likeness (QED) is 0.161. The Morgan fingerprint density at radius 2 is 1.24 bits per heavy atom. The molecule has 332 valence electrons. The number of allylic oxidation sites excluding steroid dienone is 8. The predicted molar refractivity (Wildman–Crippen MR) is 297 cm³/mol. The van der Waals surface area contributed by atoms with Gasteiger partial charge < -0.3 is 4.90 Å². The fourth-order valence-electron chi connectivity index (χ4n) is 15.7. The molecule has 2 heteroatoms. The number of rotatable bonds is 3. The Kier molecular flexibility index (Phi) is 7.22. The van der Waals surface area contributed by atoms with Gasteiger partial charge in [-0.3, -0.25) is 4.99 Å². The van der Waals surface area contributed by atoms with Gasteiger partial charge in [0.25, 0.3) is 0 Å². The summed E-state index contributed by atoms with van der Waals surface area (Å²) in [7, 11) is 0. The Bertz CT molecular complexity index is 4290. The number of fused-ring (bicyclic) bond motifs is 15. The largest absolute Gasteiger partial charge is 0.334 e. The van der Waals surface area contributed by atoms with Crippen molar-refractivity contribution in [1.82, 2.24) is 0 Å². The first-order valence-corrected chi connectivity index (χ1v) is 25.9. The lowest BCUT2D eigenvalue weighted by atomic mass is 9.63. The summed E-state index contributed by atoms with van der Waals surface area (Å²) >= 11 is 0. The molecule has 2 nitrogen and oxygen atoms in total. The summed E-state index contributed by atoms with van der Waals surface area (Å²) < 4.78 is 0. The van der Waals surface area contributed by atoms with Crippen LogP contribution in [0.1, 0.15) is 85.6 Å². The van der Waals surface area contributed by atoms with Crippen molar-refractivity contribution < 1.29 is 0 Å². The molecule has 1 heterocycles. The monoisotopic (exact) mass is 894 g/mol. The zero-order valence-electron chi connectivity index (χ0n) is 39.7. The molecule has 10 aromatic carbocycles. The van der Waals surface area contributed by atoms with Gasteiger partial charge in [-0.2, -0.15) is 0 Å². The number of aliphatic imine (C=N–C) groups is 1. The molecule has 0 bridgehead atoms. The highest BCUT2D eigenvalue weighted by Crippen LogP contribution is 2.64. The maximum Gasteiger partial charge on any atom is 0.148 e. The van der Waals surface area contributed by atoms with E-state index in [1.54, 1.807) is 11.1 Å². The van der Waals surface area contributed by atoms with E-state index in [4.69, 9.17) is 4.99 Å². The van der Waals surface area contributed by atoms with Gasteiger partial charge in [-0.05, 0) is 186 Å². The van der Waals surface area contributed by atoms with E-state index in [0.717, 1.165) is 25.0 Å². The van der Waals surface area contributed by atoms with Gasteiger partial charge in [0.15, 0.2) is 0 Å². The molecule has 17 rings (SSSR count). The summed E-state index contributed by atoms with van der Waals surface area (Å²) in [5.74, 6) is 1.43. The van der Waals surface area contributed by atoms with Crippen LogP contribution in [0.3, 0.4) is 0 Å². The van der Waals surface area contributed by atoms with E-state index in [1.165, 1.54) is 126 Å². The van der Waals surface area contributed by atoms with E-state index >= 15 is 0 Å². The maximum atomic E-state index is 5.37. The van der Waals surface area contributed by atoms with Crippen LogP contribution < -0.4 is 4.90 Å². The van der Waals surface area contributed by atoms with E-state index < -0.39 is 0 Å². The van der Waals surface area contributed by atoms with Crippen molar-refractivity contribution in [2.24, 2.45) is 16.3 Å². The third kappa shape index (κ3) is 4.60. The summed E-state index contributed by atoms with van der Waals surface area (Å²) in [5, 5.41) is 19.7. The average Bonchev–Trinajstić information content (AvgIpc) is 4.14. The second-order valence-corrected chi connectivity index (χ2v) is 22.3. The van der Waals surface area contributed by atoms with Gasteiger partial charge in [0.2, 0.25) is 0 Å². The fraction of sp³-hybridized carbons (Fsp3) is 0.191. The van der Waals surface area contributed by atoms with Crippen molar-refractivity contribution in [2.75, 3.05) is 4.90 Å². The molecule has 7 aliphatic rings. The third-order valence-corrected chi connectivity index (χ3v) is 18.5. The van der Waals surface area contributed by atoms with Crippen LogP contribution >= 0.6 is 0 Å². The first-order chi connectivity index (χ1) is 34.4. The molecule has 0 saturated carbocycles. The van der Waals surface area contributed by atoms with Crippen LogP contribution in [-0.4, -0.2) is 17.9 Å². The van der Waals surface area contributed by atoms with Crippen LogP contribution in [-0.2, 0) is 0 Å². The van der Waals surface area contributed by atoms with Crippen molar-refractivity contribution in [3.05, 3.63) is 209 Å². The summed E-state index contributed by atoms with van der Waals surface area (Å²) in [6.07, 6.45) is 28.6. The van der Waals surface area contributed by atoms with Crippen LogP contribution in [0.2, 0.25) is 0 Å².